The maximum atomic E-state index is 12.3. The van der Waals surface area contributed by atoms with Crippen LogP contribution in [0.4, 0.5) is 11.9 Å². The van der Waals surface area contributed by atoms with Gasteiger partial charge >= 0.3 is 0 Å². The lowest BCUT2D eigenvalue weighted by atomic mass is 10.0. The number of hydrogen-bond acceptors (Lipinski definition) is 5. The molecule has 1 amide bonds. The van der Waals surface area contributed by atoms with E-state index in [1.807, 2.05) is 42.5 Å². The molecule has 0 saturated carbocycles. The standard InChI is InChI=1S/C22H25N5O2/c28-20(23-21-24-22(26-25-21)27-13-7-2-8-14-27)16-29-19-12-6-5-11-18(19)15-17-9-3-1-4-10-17/h1,3-6,9-12H,2,7-8,13-16H2,(H2,23,24,25,26,28). The number of piperidine rings is 1. The van der Waals surface area contributed by atoms with Crippen LogP contribution in [0, 0.1) is 0 Å². The van der Waals surface area contributed by atoms with E-state index in [0.29, 0.717) is 17.6 Å². The molecule has 1 fully saturated rings. The molecule has 2 N–H and O–H groups in total. The second kappa shape index (κ2) is 9.23. The molecule has 0 bridgehead atoms. The van der Waals surface area contributed by atoms with E-state index in [0.717, 1.165) is 37.9 Å². The third-order valence-corrected chi connectivity index (χ3v) is 4.94. The van der Waals surface area contributed by atoms with Gasteiger partial charge in [-0.3, -0.25) is 10.1 Å². The van der Waals surface area contributed by atoms with Gasteiger partial charge in [-0.15, -0.1) is 5.10 Å². The van der Waals surface area contributed by atoms with Gasteiger partial charge in [0.15, 0.2) is 6.61 Å². The Kier molecular flexibility index (Phi) is 6.04. The molecular weight excluding hydrogens is 366 g/mol. The van der Waals surface area contributed by atoms with Gasteiger partial charge < -0.3 is 9.64 Å². The van der Waals surface area contributed by atoms with E-state index >= 15 is 0 Å². The third-order valence-electron chi connectivity index (χ3n) is 4.94. The Morgan fingerprint density at radius 2 is 1.79 bits per heavy atom. The topological polar surface area (TPSA) is 83.1 Å². The van der Waals surface area contributed by atoms with Crippen LogP contribution in [0.5, 0.6) is 5.75 Å². The summed E-state index contributed by atoms with van der Waals surface area (Å²) >= 11 is 0. The molecule has 1 aliphatic heterocycles. The Bertz CT molecular complexity index is 935. The first-order valence-corrected chi connectivity index (χ1v) is 10.00. The van der Waals surface area contributed by atoms with Crippen molar-refractivity contribution >= 4 is 17.8 Å². The lowest BCUT2D eigenvalue weighted by Gasteiger charge is -2.24. The van der Waals surface area contributed by atoms with Gasteiger partial charge in [0.2, 0.25) is 11.9 Å². The summed E-state index contributed by atoms with van der Waals surface area (Å²) in [6.45, 7) is 1.81. The van der Waals surface area contributed by atoms with Crippen molar-refractivity contribution in [2.24, 2.45) is 0 Å². The van der Waals surface area contributed by atoms with Gasteiger partial charge in [-0.05, 0) is 36.5 Å². The molecule has 29 heavy (non-hydrogen) atoms. The Labute approximate surface area is 170 Å². The highest BCUT2D eigenvalue weighted by molar-refractivity contribution is 5.90. The first-order valence-electron chi connectivity index (χ1n) is 10.00. The first-order chi connectivity index (χ1) is 14.3. The SMILES string of the molecule is O=C(COc1ccccc1Cc1ccccc1)Nc1nc(N2CCCCC2)n[nH]1. The molecule has 4 rings (SSSR count). The zero-order valence-corrected chi connectivity index (χ0v) is 16.3. The number of hydrogen-bond donors (Lipinski definition) is 2. The second-order valence-electron chi connectivity index (χ2n) is 7.14. The number of carbonyl (C=O) groups is 1. The summed E-state index contributed by atoms with van der Waals surface area (Å²) in [6.07, 6.45) is 4.28. The third kappa shape index (κ3) is 5.13. The summed E-state index contributed by atoms with van der Waals surface area (Å²) in [5.41, 5.74) is 2.23. The number of nitrogens with one attached hydrogen (secondary N) is 2. The van der Waals surface area contributed by atoms with Crippen molar-refractivity contribution in [2.45, 2.75) is 25.7 Å². The summed E-state index contributed by atoms with van der Waals surface area (Å²) in [5, 5.41) is 9.71. The second-order valence-corrected chi connectivity index (χ2v) is 7.14. The number of anilines is 2. The van der Waals surface area contributed by atoms with Crippen LogP contribution in [0.3, 0.4) is 0 Å². The molecule has 0 atom stereocenters. The van der Waals surface area contributed by atoms with Gasteiger partial charge in [-0.2, -0.15) is 4.98 Å². The van der Waals surface area contributed by atoms with Gasteiger partial charge in [-0.25, -0.2) is 5.10 Å². The number of amides is 1. The van der Waals surface area contributed by atoms with E-state index in [1.165, 1.54) is 12.0 Å². The first kappa shape index (κ1) is 19.0. The van der Waals surface area contributed by atoms with Crippen molar-refractivity contribution in [3.05, 3.63) is 65.7 Å². The van der Waals surface area contributed by atoms with E-state index in [-0.39, 0.29) is 12.5 Å². The largest absolute Gasteiger partial charge is 0.483 e. The molecule has 2 aromatic carbocycles. The van der Waals surface area contributed by atoms with E-state index in [2.05, 4.69) is 37.5 Å². The van der Waals surface area contributed by atoms with Crippen molar-refractivity contribution in [2.75, 3.05) is 29.9 Å². The van der Waals surface area contributed by atoms with Crippen LogP contribution in [0.15, 0.2) is 54.6 Å². The molecular formula is C22H25N5O2. The van der Waals surface area contributed by atoms with Gasteiger partial charge in [0.05, 0.1) is 0 Å². The van der Waals surface area contributed by atoms with E-state index in [1.54, 1.807) is 0 Å². The Morgan fingerprint density at radius 1 is 1.03 bits per heavy atom. The number of rotatable bonds is 7. The number of aromatic amines is 1. The number of nitrogens with zero attached hydrogens (tertiary/aromatic N) is 3. The number of benzene rings is 2. The minimum atomic E-state index is -0.277. The average molecular weight is 391 g/mol. The lowest BCUT2D eigenvalue weighted by Crippen LogP contribution is -2.30. The molecule has 1 aliphatic rings. The van der Waals surface area contributed by atoms with Gasteiger partial charge in [0, 0.05) is 19.5 Å². The van der Waals surface area contributed by atoms with Crippen LogP contribution in [-0.4, -0.2) is 40.8 Å². The molecule has 0 unspecified atom stereocenters. The van der Waals surface area contributed by atoms with Crippen LogP contribution in [0.2, 0.25) is 0 Å². The summed E-state index contributed by atoms with van der Waals surface area (Å²) < 4.78 is 5.78. The number of carbonyl (C=O) groups excluding carboxylic acids is 1. The molecule has 150 valence electrons. The number of ether oxygens (including phenoxy) is 1. The minimum Gasteiger partial charge on any atom is -0.483 e. The predicted octanol–water partition coefficient (Wildman–Crippen LogP) is 3.40. The minimum absolute atomic E-state index is 0.0917. The van der Waals surface area contributed by atoms with Crippen molar-refractivity contribution in [1.82, 2.24) is 15.2 Å². The quantitative estimate of drug-likeness (QED) is 0.645. The van der Waals surface area contributed by atoms with Crippen molar-refractivity contribution < 1.29 is 9.53 Å². The Balaban J connectivity index is 1.32. The van der Waals surface area contributed by atoms with Crippen LogP contribution in [0.1, 0.15) is 30.4 Å². The van der Waals surface area contributed by atoms with Gasteiger partial charge in [0.25, 0.3) is 5.91 Å². The predicted molar refractivity (Wildman–Crippen MR) is 112 cm³/mol. The van der Waals surface area contributed by atoms with Crippen LogP contribution < -0.4 is 15.0 Å². The fraction of sp³-hybridized carbons (Fsp3) is 0.318. The summed E-state index contributed by atoms with van der Waals surface area (Å²) in [4.78, 5) is 18.8. The normalized spacial score (nSPS) is 13.9. The number of H-pyrrole nitrogens is 1. The zero-order chi connectivity index (χ0) is 19.9. The van der Waals surface area contributed by atoms with Crippen LogP contribution in [0.25, 0.3) is 0 Å². The molecule has 0 spiro atoms. The zero-order valence-electron chi connectivity index (χ0n) is 16.3. The highest BCUT2D eigenvalue weighted by Crippen LogP contribution is 2.21. The monoisotopic (exact) mass is 391 g/mol. The van der Waals surface area contributed by atoms with E-state index in [4.69, 9.17) is 4.74 Å². The molecule has 1 aromatic heterocycles. The molecule has 2 heterocycles. The Hall–Kier alpha value is -3.35. The summed E-state index contributed by atoms with van der Waals surface area (Å²) in [6, 6.07) is 18.0. The van der Waals surface area contributed by atoms with Crippen molar-refractivity contribution in [3.63, 3.8) is 0 Å². The smallest absolute Gasteiger partial charge is 0.264 e. The molecule has 0 radical (unpaired) electrons. The highest BCUT2D eigenvalue weighted by Gasteiger charge is 2.16. The van der Waals surface area contributed by atoms with Gasteiger partial charge in [-0.1, -0.05) is 48.5 Å². The molecule has 1 saturated heterocycles. The number of aromatic nitrogens is 3. The van der Waals surface area contributed by atoms with E-state index in [9.17, 15) is 4.79 Å². The summed E-state index contributed by atoms with van der Waals surface area (Å²) in [7, 11) is 0. The van der Waals surface area contributed by atoms with Crippen LogP contribution >= 0.6 is 0 Å². The lowest BCUT2D eigenvalue weighted by molar-refractivity contribution is -0.118. The molecule has 0 aliphatic carbocycles. The maximum absolute atomic E-state index is 12.3. The maximum Gasteiger partial charge on any atom is 0.264 e. The number of para-hydroxylation sites is 1. The van der Waals surface area contributed by atoms with Crippen molar-refractivity contribution in [1.29, 1.82) is 0 Å². The Morgan fingerprint density at radius 3 is 2.62 bits per heavy atom. The van der Waals surface area contributed by atoms with E-state index < -0.39 is 0 Å². The van der Waals surface area contributed by atoms with Gasteiger partial charge in [0.1, 0.15) is 5.75 Å². The highest BCUT2D eigenvalue weighted by atomic mass is 16.5. The molecule has 7 nitrogen and oxygen atoms in total. The fourth-order valence-corrected chi connectivity index (χ4v) is 3.46. The fourth-order valence-electron chi connectivity index (χ4n) is 3.46. The summed E-state index contributed by atoms with van der Waals surface area (Å²) in [5.74, 6) is 1.41. The molecule has 7 heteroatoms. The van der Waals surface area contributed by atoms with Crippen LogP contribution in [-0.2, 0) is 11.2 Å². The molecule has 3 aromatic rings. The average Bonchev–Trinajstić information content (AvgIpc) is 3.23. The van der Waals surface area contributed by atoms with Crippen molar-refractivity contribution in [3.8, 4) is 5.75 Å².